The van der Waals surface area contributed by atoms with Gasteiger partial charge in [-0.15, -0.1) is 0 Å². The first-order valence-electron chi connectivity index (χ1n) is 8.89. The Morgan fingerprint density at radius 2 is 2.00 bits per heavy atom. The molecule has 0 aliphatic carbocycles. The van der Waals surface area contributed by atoms with E-state index in [2.05, 4.69) is 23.3 Å². The van der Waals surface area contributed by atoms with Gasteiger partial charge in [-0.05, 0) is 31.0 Å². The smallest absolute Gasteiger partial charge is 0.332 e. The minimum Gasteiger partial charge on any atom is -0.497 e. The molecule has 8 heteroatoms. The summed E-state index contributed by atoms with van der Waals surface area (Å²) in [5.74, 6) is 0.853. The largest absolute Gasteiger partial charge is 0.497 e. The SMILES string of the molecule is COc1cccc(CC(C)NCCn2cnc3c2c(=O)n(C)c(=O)n3C)c1. The van der Waals surface area contributed by atoms with Crippen molar-refractivity contribution in [1.29, 1.82) is 0 Å². The lowest BCUT2D eigenvalue weighted by molar-refractivity contribution is 0.414. The van der Waals surface area contributed by atoms with E-state index in [-0.39, 0.29) is 17.3 Å². The van der Waals surface area contributed by atoms with Crippen LogP contribution in [0.5, 0.6) is 5.75 Å². The summed E-state index contributed by atoms with van der Waals surface area (Å²) in [4.78, 5) is 28.7. The average Bonchev–Trinajstić information content (AvgIpc) is 3.09. The van der Waals surface area contributed by atoms with Crippen LogP contribution in [-0.2, 0) is 27.1 Å². The number of aromatic nitrogens is 4. The molecule has 1 atom stereocenters. The van der Waals surface area contributed by atoms with E-state index in [0.29, 0.717) is 24.3 Å². The Balaban J connectivity index is 1.67. The first kappa shape index (κ1) is 18.9. The number of imidazole rings is 1. The van der Waals surface area contributed by atoms with Crippen LogP contribution in [0.15, 0.2) is 40.2 Å². The van der Waals surface area contributed by atoms with Crippen molar-refractivity contribution in [3.05, 3.63) is 57.0 Å². The highest BCUT2D eigenvalue weighted by atomic mass is 16.5. The minimum absolute atomic E-state index is 0.263. The fourth-order valence-electron chi connectivity index (χ4n) is 3.22. The summed E-state index contributed by atoms with van der Waals surface area (Å²) in [5.41, 5.74) is 1.36. The lowest BCUT2D eigenvalue weighted by Crippen LogP contribution is -2.38. The standard InChI is InChI=1S/C19H25N5O3/c1-13(10-14-6-5-7-15(11-14)27-4)20-8-9-24-12-21-17-16(24)18(25)23(3)19(26)22(17)2/h5-7,11-13,20H,8-10H2,1-4H3. The predicted molar refractivity (Wildman–Crippen MR) is 104 cm³/mol. The third-order valence-electron chi connectivity index (χ3n) is 4.74. The molecule has 0 saturated carbocycles. The molecular weight excluding hydrogens is 346 g/mol. The van der Waals surface area contributed by atoms with Crippen molar-refractivity contribution in [3.63, 3.8) is 0 Å². The van der Waals surface area contributed by atoms with Gasteiger partial charge in [0.25, 0.3) is 5.56 Å². The molecule has 0 bridgehead atoms. The quantitative estimate of drug-likeness (QED) is 0.660. The van der Waals surface area contributed by atoms with E-state index in [1.54, 1.807) is 25.1 Å². The lowest BCUT2D eigenvalue weighted by Gasteiger charge is -2.15. The van der Waals surface area contributed by atoms with Crippen LogP contribution in [-0.4, -0.2) is 38.4 Å². The molecule has 1 unspecified atom stereocenters. The van der Waals surface area contributed by atoms with Crippen LogP contribution in [0.2, 0.25) is 0 Å². The van der Waals surface area contributed by atoms with Gasteiger partial charge in [0.2, 0.25) is 0 Å². The Labute approximate surface area is 157 Å². The van der Waals surface area contributed by atoms with E-state index < -0.39 is 0 Å². The molecule has 0 saturated heterocycles. The number of ether oxygens (including phenoxy) is 1. The normalized spacial score (nSPS) is 12.4. The van der Waals surface area contributed by atoms with Crippen LogP contribution >= 0.6 is 0 Å². The van der Waals surface area contributed by atoms with Crippen LogP contribution in [0, 0.1) is 0 Å². The van der Waals surface area contributed by atoms with Crippen molar-refractivity contribution in [3.8, 4) is 5.75 Å². The molecule has 2 heterocycles. The van der Waals surface area contributed by atoms with Crippen molar-refractivity contribution in [1.82, 2.24) is 24.0 Å². The Hall–Kier alpha value is -2.87. The Bertz CT molecular complexity index is 1060. The number of fused-ring (bicyclic) bond motifs is 1. The molecule has 1 N–H and O–H groups in total. The van der Waals surface area contributed by atoms with E-state index in [0.717, 1.165) is 16.7 Å². The van der Waals surface area contributed by atoms with Crippen LogP contribution in [0.3, 0.4) is 0 Å². The minimum atomic E-state index is -0.372. The summed E-state index contributed by atoms with van der Waals surface area (Å²) < 4.78 is 9.56. The Morgan fingerprint density at radius 1 is 1.22 bits per heavy atom. The second kappa shape index (κ2) is 7.79. The molecule has 0 fully saturated rings. The number of rotatable bonds is 7. The summed E-state index contributed by atoms with van der Waals surface area (Å²) >= 11 is 0. The second-order valence-electron chi connectivity index (χ2n) is 6.73. The fourth-order valence-corrected chi connectivity index (χ4v) is 3.22. The maximum atomic E-state index is 12.4. The van der Waals surface area contributed by atoms with Crippen LogP contribution < -0.4 is 21.3 Å². The number of nitrogens with one attached hydrogen (secondary N) is 1. The van der Waals surface area contributed by atoms with Crippen molar-refractivity contribution < 1.29 is 4.74 Å². The summed E-state index contributed by atoms with van der Waals surface area (Å²) in [6.07, 6.45) is 2.48. The predicted octanol–water partition coefficient (Wildman–Crippen LogP) is 0.663. The molecule has 27 heavy (non-hydrogen) atoms. The Kier molecular flexibility index (Phi) is 5.46. The summed E-state index contributed by atoms with van der Waals surface area (Å²) in [6, 6.07) is 8.29. The van der Waals surface area contributed by atoms with Crippen LogP contribution in [0.1, 0.15) is 12.5 Å². The van der Waals surface area contributed by atoms with E-state index in [1.807, 2.05) is 18.2 Å². The monoisotopic (exact) mass is 371 g/mol. The molecule has 0 radical (unpaired) electrons. The highest BCUT2D eigenvalue weighted by Crippen LogP contribution is 2.14. The number of benzene rings is 1. The van der Waals surface area contributed by atoms with Gasteiger partial charge in [-0.3, -0.25) is 13.9 Å². The van der Waals surface area contributed by atoms with Crippen LogP contribution in [0.4, 0.5) is 0 Å². The number of hydrogen-bond acceptors (Lipinski definition) is 5. The maximum Gasteiger partial charge on any atom is 0.332 e. The van der Waals surface area contributed by atoms with Crippen molar-refractivity contribution >= 4 is 11.2 Å². The second-order valence-corrected chi connectivity index (χ2v) is 6.73. The molecule has 8 nitrogen and oxygen atoms in total. The zero-order valence-corrected chi connectivity index (χ0v) is 16.1. The van der Waals surface area contributed by atoms with Gasteiger partial charge in [0.15, 0.2) is 11.2 Å². The zero-order valence-electron chi connectivity index (χ0n) is 16.1. The molecule has 3 rings (SSSR count). The molecular formula is C19H25N5O3. The van der Waals surface area contributed by atoms with Crippen molar-refractivity contribution in [2.24, 2.45) is 14.1 Å². The van der Waals surface area contributed by atoms with Gasteiger partial charge in [0.05, 0.1) is 13.4 Å². The third kappa shape index (κ3) is 3.80. The van der Waals surface area contributed by atoms with Crippen molar-refractivity contribution in [2.75, 3.05) is 13.7 Å². The Morgan fingerprint density at radius 3 is 2.74 bits per heavy atom. The van der Waals surface area contributed by atoms with Gasteiger partial charge in [-0.2, -0.15) is 0 Å². The third-order valence-corrected chi connectivity index (χ3v) is 4.74. The highest BCUT2D eigenvalue weighted by molar-refractivity contribution is 5.69. The molecule has 3 aromatic rings. The zero-order chi connectivity index (χ0) is 19.6. The van der Waals surface area contributed by atoms with Crippen LogP contribution in [0.25, 0.3) is 11.2 Å². The van der Waals surface area contributed by atoms with E-state index in [9.17, 15) is 9.59 Å². The maximum absolute atomic E-state index is 12.4. The van der Waals surface area contributed by atoms with E-state index in [4.69, 9.17) is 4.74 Å². The lowest BCUT2D eigenvalue weighted by atomic mass is 10.1. The van der Waals surface area contributed by atoms with Gasteiger partial charge in [0, 0.05) is 33.2 Å². The van der Waals surface area contributed by atoms with E-state index >= 15 is 0 Å². The van der Waals surface area contributed by atoms with Gasteiger partial charge >= 0.3 is 5.69 Å². The number of aryl methyl sites for hydroxylation is 1. The molecule has 0 spiro atoms. The summed E-state index contributed by atoms with van der Waals surface area (Å²) in [5, 5.41) is 3.46. The number of hydrogen-bond donors (Lipinski definition) is 1. The fraction of sp³-hybridized carbons (Fsp3) is 0.421. The highest BCUT2D eigenvalue weighted by Gasteiger charge is 2.14. The molecule has 0 aliphatic rings. The molecule has 2 aromatic heterocycles. The molecule has 144 valence electrons. The van der Waals surface area contributed by atoms with Gasteiger partial charge < -0.3 is 14.6 Å². The average molecular weight is 371 g/mol. The first-order valence-corrected chi connectivity index (χ1v) is 8.89. The molecule has 1 aromatic carbocycles. The number of nitrogens with zero attached hydrogens (tertiary/aromatic N) is 4. The number of methoxy groups -OCH3 is 1. The summed E-state index contributed by atoms with van der Waals surface area (Å²) in [7, 11) is 4.77. The molecule has 0 aliphatic heterocycles. The van der Waals surface area contributed by atoms with Gasteiger partial charge in [0.1, 0.15) is 5.75 Å². The van der Waals surface area contributed by atoms with Gasteiger partial charge in [-0.25, -0.2) is 9.78 Å². The molecule has 0 amide bonds. The van der Waals surface area contributed by atoms with Gasteiger partial charge in [-0.1, -0.05) is 12.1 Å². The van der Waals surface area contributed by atoms with Crippen molar-refractivity contribution in [2.45, 2.75) is 25.9 Å². The summed E-state index contributed by atoms with van der Waals surface area (Å²) in [6.45, 7) is 3.39. The first-order chi connectivity index (χ1) is 12.9. The topological polar surface area (TPSA) is 83.1 Å². The van der Waals surface area contributed by atoms with E-state index in [1.165, 1.54) is 17.2 Å².